The minimum atomic E-state index is 0.754. The predicted octanol–water partition coefficient (Wildman–Crippen LogP) is 3.66. The number of hydrogen-bond acceptors (Lipinski definition) is 1. The molecular formula is C15H23N. The van der Waals surface area contributed by atoms with Gasteiger partial charge < -0.3 is 5.32 Å². The minimum absolute atomic E-state index is 0.754. The van der Waals surface area contributed by atoms with E-state index in [9.17, 15) is 0 Å². The van der Waals surface area contributed by atoms with E-state index in [-0.39, 0.29) is 0 Å². The smallest absolute Gasteiger partial charge is 0.0210 e. The summed E-state index contributed by atoms with van der Waals surface area (Å²) in [7, 11) is 0. The van der Waals surface area contributed by atoms with Crippen LogP contribution in [0.3, 0.4) is 0 Å². The molecule has 1 aromatic rings. The van der Waals surface area contributed by atoms with Gasteiger partial charge in [0.1, 0.15) is 0 Å². The van der Waals surface area contributed by atoms with Gasteiger partial charge in [-0.1, -0.05) is 37.6 Å². The van der Waals surface area contributed by atoms with Crippen molar-refractivity contribution < 1.29 is 0 Å². The highest BCUT2D eigenvalue weighted by molar-refractivity contribution is 5.25. The zero-order valence-corrected chi connectivity index (χ0v) is 10.5. The van der Waals surface area contributed by atoms with Crippen molar-refractivity contribution in [3.8, 4) is 0 Å². The lowest BCUT2D eigenvalue weighted by molar-refractivity contribution is 0.476. The Labute approximate surface area is 99.3 Å². The van der Waals surface area contributed by atoms with Crippen molar-refractivity contribution in [3.05, 3.63) is 35.4 Å². The summed E-state index contributed by atoms with van der Waals surface area (Å²) in [6.45, 7) is 5.54. The van der Waals surface area contributed by atoms with Gasteiger partial charge in [-0.2, -0.15) is 0 Å². The van der Waals surface area contributed by atoms with Gasteiger partial charge in [-0.25, -0.2) is 0 Å². The Bertz CT molecular complexity index is 332. The Morgan fingerprint density at radius 3 is 2.75 bits per heavy atom. The second kappa shape index (κ2) is 5.49. The summed E-state index contributed by atoms with van der Waals surface area (Å²) in [4.78, 5) is 0. The number of rotatable bonds is 4. The molecule has 1 aliphatic rings. The second-order valence-electron chi connectivity index (χ2n) is 5.09. The Kier molecular flexibility index (Phi) is 4.00. The quantitative estimate of drug-likeness (QED) is 0.811. The minimum Gasteiger partial charge on any atom is -0.310 e. The third-order valence-corrected chi connectivity index (χ3v) is 3.96. The lowest BCUT2D eigenvalue weighted by Gasteiger charge is -2.14. The van der Waals surface area contributed by atoms with Crippen LogP contribution < -0.4 is 5.32 Å². The maximum absolute atomic E-state index is 3.70. The second-order valence-corrected chi connectivity index (χ2v) is 5.09. The highest BCUT2D eigenvalue weighted by Gasteiger charge is 2.22. The Morgan fingerprint density at radius 2 is 2.06 bits per heavy atom. The van der Waals surface area contributed by atoms with E-state index in [1.54, 1.807) is 0 Å². The van der Waals surface area contributed by atoms with Gasteiger partial charge in [-0.05, 0) is 43.2 Å². The molecule has 0 aromatic heterocycles. The summed E-state index contributed by atoms with van der Waals surface area (Å²) in [5.41, 5.74) is 2.85. The topological polar surface area (TPSA) is 12.0 Å². The van der Waals surface area contributed by atoms with Crippen molar-refractivity contribution in [1.82, 2.24) is 5.32 Å². The zero-order chi connectivity index (χ0) is 11.4. The molecule has 0 radical (unpaired) electrons. The van der Waals surface area contributed by atoms with Gasteiger partial charge in [0.2, 0.25) is 0 Å². The van der Waals surface area contributed by atoms with E-state index in [0.717, 1.165) is 18.5 Å². The zero-order valence-electron chi connectivity index (χ0n) is 10.5. The fourth-order valence-corrected chi connectivity index (χ4v) is 2.69. The van der Waals surface area contributed by atoms with Crippen molar-refractivity contribution in [2.75, 3.05) is 0 Å². The van der Waals surface area contributed by atoms with E-state index in [1.165, 1.54) is 36.8 Å². The molecule has 0 aliphatic heterocycles. The van der Waals surface area contributed by atoms with Gasteiger partial charge in [-0.3, -0.25) is 0 Å². The maximum Gasteiger partial charge on any atom is 0.0210 e. The number of benzene rings is 1. The summed E-state index contributed by atoms with van der Waals surface area (Å²) in [5.74, 6) is 0.967. The molecule has 1 aromatic carbocycles. The Hall–Kier alpha value is -0.820. The van der Waals surface area contributed by atoms with Crippen molar-refractivity contribution >= 4 is 0 Å². The average Bonchev–Trinajstić information content (AvgIpc) is 2.76. The van der Waals surface area contributed by atoms with Crippen molar-refractivity contribution in [1.29, 1.82) is 0 Å². The van der Waals surface area contributed by atoms with Crippen LogP contribution in [-0.2, 0) is 6.54 Å². The van der Waals surface area contributed by atoms with Crippen LogP contribution in [0.1, 0.15) is 43.7 Å². The van der Waals surface area contributed by atoms with E-state index >= 15 is 0 Å². The third kappa shape index (κ3) is 2.85. The standard InChI is InChI=1S/C15H23N/c1-3-13-8-9-15(10-13)16-11-14-7-5-4-6-12(14)2/h4-7,13,15-16H,3,8-11H2,1-2H3. The molecule has 16 heavy (non-hydrogen) atoms. The average molecular weight is 217 g/mol. The van der Waals surface area contributed by atoms with Crippen molar-refractivity contribution in [2.24, 2.45) is 5.92 Å². The molecule has 0 spiro atoms. The molecular weight excluding hydrogens is 194 g/mol. The molecule has 2 unspecified atom stereocenters. The Morgan fingerprint density at radius 1 is 1.25 bits per heavy atom. The molecule has 1 N–H and O–H groups in total. The molecule has 2 atom stereocenters. The molecule has 0 saturated heterocycles. The number of aryl methyl sites for hydroxylation is 1. The van der Waals surface area contributed by atoms with Crippen LogP contribution in [0.25, 0.3) is 0 Å². The van der Waals surface area contributed by atoms with Crippen LogP contribution in [0.2, 0.25) is 0 Å². The molecule has 0 amide bonds. The lowest BCUT2D eigenvalue weighted by Crippen LogP contribution is -2.26. The SMILES string of the molecule is CCC1CCC(NCc2ccccc2C)C1. The number of hydrogen-bond donors (Lipinski definition) is 1. The van der Waals surface area contributed by atoms with E-state index < -0.39 is 0 Å². The monoisotopic (exact) mass is 217 g/mol. The van der Waals surface area contributed by atoms with Gasteiger partial charge in [0.25, 0.3) is 0 Å². The highest BCUT2D eigenvalue weighted by Crippen LogP contribution is 2.28. The lowest BCUT2D eigenvalue weighted by atomic mass is 10.1. The number of nitrogens with one attached hydrogen (secondary N) is 1. The largest absolute Gasteiger partial charge is 0.310 e. The van der Waals surface area contributed by atoms with Crippen LogP contribution >= 0.6 is 0 Å². The summed E-state index contributed by atoms with van der Waals surface area (Å²) in [6, 6.07) is 9.42. The fraction of sp³-hybridized carbons (Fsp3) is 0.600. The van der Waals surface area contributed by atoms with Crippen LogP contribution in [0.5, 0.6) is 0 Å². The molecule has 0 bridgehead atoms. The van der Waals surface area contributed by atoms with Crippen LogP contribution in [0.15, 0.2) is 24.3 Å². The van der Waals surface area contributed by atoms with Gasteiger partial charge in [-0.15, -0.1) is 0 Å². The fourth-order valence-electron chi connectivity index (χ4n) is 2.69. The van der Waals surface area contributed by atoms with E-state index in [4.69, 9.17) is 0 Å². The predicted molar refractivity (Wildman–Crippen MR) is 69.4 cm³/mol. The third-order valence-electron chi connectivity index (χ3n) is 3.96. The molecule has 1 saturated carbocycles. The maximum atomic E-state index is 3.70. The highest BCUT2D eigenvalue weighted by atomic mass is 14.9. The summed E-state index contributed by atoms with van der Waals surface area (Å²) >= 11 is 0. The van der Waals surface area contributed by atoms with Crippen LogP contribution in [0, 0.1) is 12.8 Å². The molecule has 1 nitrogen and oxygen atoms in total. The first kappa shape index (κ1) is 11.7. The molecule has 1 aliphatic carbocycles. The first-order valence-corrected chi connectivity index (χ1v) is 6.57. The van der Waals surface area contributed by atoms with Gasteiger partial charge >= 0.3 is 0 Å². The molecule has 88 valence electrons. The first-order chi connectivity index (χ1) is 7.79. The van der Waals surface area contributed by atoms with Crippen molar-refractivity contribution in [2.45, 2.75) is 52.1 Å². The van der Waals surface area contributed by atoms with Crippen LogP contribution in [0.4, 0.5) is 0 Å². The summed E-state index contributed by atoms with van der Waals surface area (Å²) < 4.78 is 0. The van der Waals surface area contributed by atoms with E-state index in [1.807, 2.05) is 0 Å². The summed E-state index contributed by atoms with van der Waals surface area (Å²) in [6.07, 6.45) is 5.51. The molecule has 2 rings (SSSR count). The summed E-state index contributed by atoms with van der Waals surface area (Å²) in [5, 5.41) is 3.70. The van der Waals surface area contributed by atoms with Crippen molar-refractivity contribution in [3.63, 3.8) is 0 Å². The van der Waals surface area contributed by atoms with E-state index in [2.05, 4.69) is 43.4 Å². The Balaban J connectivity index is 1.82. The van der Waals surface area contributed by atoms with Crippen LogP contribution in [-0.4, -0.2) is 6.04 Å². The normalized spacial score (nSPS) is 24.9. The molecule has 1 heteroatoms. The van der Waals surface area contributed by atoms with E-state index in [0.29, 0.717) is 0 Å². The first-order valence-electron chi connectivity index (χ1n) is 6.57. The van der Waals surface area contributed by atoms with Gasteiger partial charge in [0, 0.05) is 12.6 Å². The van der Waals surface area contributed by atoms with Gasteiger partial charge in [0.15, 0.2) is 0 Å². The molecule has 1 fully saturated rings. The molecule has 0 heterocycles. The van der Waals surface area contributed by atoms with Gasteiger partial charge in [0.05, 0.1) is 0 Å².